The summed E-state index contributed by atoms with van der Waals surface area (Å²) in [6, 6.07) is 9.53. The summed E-state index contributed by atoms with van der Waals surface area (Å²) in [4.78, 5) is 18.8. The molecule has 0 aliphatic heterocycles. The Bertz CT molecular complexity index is 567. The Morgan fingerprint density at radius 1 is 1.42 bits per heavy atom. The Kier molecular flexibility index (Phi) is 4.01. The van der Waals surface area contributed by atoms with Crippen LogP contribution in [0.4, 0.5) is 16.6 Å². The van der Waals surface area contributed by atoms with Crippen molar-refractivity contribution < 1.29 is 4.79 Å². The molecule has 100 valence electrons. The number of carbonyl (C=O) groups excluding carboxylic acids is 1. The van der Waals surface area contributed by atoms with E-state index in [0.29, 0.717) is 16.6 Å². The molecular formula is C13H16N4OS. The highest BCUT2D eigenvalue weighted by Crippen LogP contribution is 2.27. The molecule has 1 heterocycles. The van der Waals surface area contributed by atoms with Crippen LogP contribution in [0.3, 0.4) is 0 Å². The molecule has 2 aromatic rings. The van der Waals surface area contributed by atoms with E-state index in [1.54, 1.807) is 11.9 Å². The highest BCUT2D eigenvalue weighted by atomic mass is 32.1. The Hall–Kier alpha value is -2.08. The van der Waals surface area contributed by atoms with E-state index in [4.69, 9.17) is 5.73 Å². The van der Waals surface area contributed by atoms with Crippen LogP contribution in [-0.4, -0.2) is 24.5 Å². The Balaban J connectivity index is 2.33. The van der Waals surface area contributed by atoms with E-state index in [0.717, 1.165) is 5.69 Å². The number of nitrogen functional groups attached to an aromatic ring is 1. The van der Waals surface area contributed by atoms with Gasteiger partial charge in [0.1, 0.15) is 10.7 Å². The summed E-state index contributed by atoms with van der Waals surface area (Å²) in [5.41, 5.74) is 6.66. The maximum atomic E-state index is 12.5. The van der Waals surface area contributed by atoms with Crippen LogP contribution in [0, 0.1) is 0 Å². The summed E-state index contributed by atoms with van der Waals surface area (Å²) in [6.07, 6.45) is 0. The van der Waals surface area contributed by atoms with Crippen LogP contribution in [-0.2, 0) is 0 Å². The van der Waals surface area contributed by atoms with Gasteiger partial charge in [0.25, 0.3) is 5.91 Å². The minimum absolute atomic E-state index is 0.120. The number of nitrogens with two attached hydrogens (primary N) is 1. The lowest BCUT2D eigenvalue weighted by Gasteiger charge is -2.20. The second-order valence-electron chi connectivity index (χ2n) is 3.87. The average Bonchev–Trinajstić information content (AvgIpc) is 2.82. The number of aromatic nitrogens is 1. The first-order valence-electron chi connectivity index (χ1n) is 5.98. The summed E-state index contributed by atoms with van der Waals surface area (Å²) in [5.74, 6) is 0.152. The number of para-hydroxylation sites is 1. The normalized spacial score (nSPS) is 10.2. The molecule has 19 heavy (non-hydrogen) atoms. The Labute approximate surface area is 116 Å². The lowest BCUT2D eigenvalue weighted by Crippen LogP contribution is -2.30. The highest BCUT2D eigenvalue weighted by molar-refractivity contribution is 7.18. The highest BCUT2D eigenvalue weighted by Gasteiger charge is 2.22. The Morgan fingerprint density at radius 2 is 2.11 bits per heavy atom. The number of benzene rings is 1. The molecule has 1 aromatic heterocycles. The molecule has 0 radical (unpaired) electrons. The van der Waals surface area contributed by atoms with Gasteiger partial charge in [0.2, 0.25) is 0 Å². The minimum Gasteiger partial charge on any atom is -0.382 e. The van der Waals surface area contributed by atoms with Gasteiger partial charge < -0.3 is 16.0 Å². The minimum atomic E-state index is -0.120. The zero-order chi connectivity index (χ0) is 13.8. The van der Waals surface area contributed by atoms with E-state index in [2.05, 4.69) is 10.3 Å². The number of hydrogen-bond donors (Lipinski definition) is 2. The smallest absolute Gasteiger partial charge is 0.272 e. The van der Waals surface area contributed by atoms with E-state index in [-0.39, 0.29) is 11.7 Å². The van der Waals surface area contributed by atoms with E-state index < -0.39 is 0 Å². The van der Waals surface area contributed by atoms with Crippen molar-refractivity contribution in [2.45, 2.75) is 6.92 Å². The van der Waals surface area contributed by atoms with Crippen molar-refractivity contribution in [2.24, 2.45) is 0 Å². The predicted molar refractivity (Wildman–Crippen MR) is 79.9 cm³/mol. The van der Waals surface area contributed by atoms with Crippen LogP contribution in [0.15, 0.2) is 30.3 Å². The van der Waals surface area contributed by atoms with Crippen molar-refractivity contribution in [3.63, 3.8) is 0 Å². The molecular weight excluding hydrogens is 260 g/mol. The standard InChI is InChI=1S/C13H16N4OS/c1-3-17(9-7-5-4-6-8-9)12(18)10-11(14)16-13(15-2)19-10/h4-8H,3,14H2,1-2H3,(H,15,16). The van der Waals surface area contributed by atoms with Gasteiger partial charge in [-0.15, -0.1) is 0 Å². The molecule has 5 nitrogen and oxygen atoms in total. The van der Waals surface area contributed by atoms with Gasteiger partial charge in [-0.2, -0.15) is 0 Å². The van der Waals surface area contributed by atoms with Crippen molar-refractivity contribution in [1.82, 2.24) is 4.98 Å². The van der Waals surface area contributed by atoms with Gasteiger partial charge in [-0.1, -0.05) is 29.5 Å². The lowest BCUT2D eigenvalue weighted by atomic mass is 10.2. The third-order valence-corrected chi connectivity index (χ3v) is 3.77. The van der Waals surface area contributed by atoms with Gasteiger partial charge in [0, 0.05) is 19.3 Å². The number of amides is 1. The van der Waals surface area contributed by atoms with E-state index in [1.165, 1.54) is 11.3 Å². The molecule has 0 aliphatic carbocycles. The van der Waals surface area contributed by atoms with Gasteiger partial charge in [-0.05, 0) is 19.1 Å². The molecule has 0 aliphatic rings. The molecule has 0 saturated heterocycles. The molecule has 0 atom stereocenters. The van der Waals surface area contributed by atoms with Crippen LogP contribution >= 0.6 is 11.3 Å². The summed E-state index contributed by atoms with van der Waals surface area (Å²) in [5, 5.41) is 3.54. The van der Waals surface area contributed by atoms with Crippen LogP contribution in [0.1, 0.15) is 16.6 Å². The zero-order valence-corrected chi connectivity index (χ0v) is 11.7. The number of nitrogens with one attached hydrogen (secondary N) is 1. The summed E-state index contributed by atoms with van der Waals surface area (Å²) in [7, 11) is 1.75. The molecule has 0 fully saturated rings. The van der Waals surface area contributed by atoms with Gasteiger partial charge >= 0.3 is 0 Å². The third-order valence-electron chi connectivity index (χ3n) is 2.69. The number of anilines is 3. The molecule has 1 aromatic carbocycles. The predicted octanol–water partition coefficient (Wildman–Crippen LogP) is 2.43. The SMILES string of the molecule is CCN(C(=O)c1sc(NC)nc1N)c1ccccc1. The van der Waals surface area contributed by atoms with Crippen molar-refractivity contribution in [1.29, 1.82) is 0 Å². The van der Waals surface area contributed by atoms with Crippen LogP contribution in [0.25, 0.3) is 0 Å². The van der Waals surface area contributed by atoms with Gasteiger partial charge in [0.15, 0.2) is 5.13 Å². The molecule has 3 N–H and O–H groups in total. The van der Waals surface area contributed by atoms with Crippen molar-refractivity contribution >= 4 is 33.9 Å². The topological polar surface area (TPSA) is 71.2 Å². The maximum absolute atomic E-state index is 12.5. The molecule has 0 bridgehead atoms. The van der Waals surface area contributed by atoms with Crippen LogP contribution < -0.4 is 16.0 Å². The van der Waals surface area contributed by atoms with Gasteiger partial charge in [-0.3, -0.25) is 4.79 Å². The largest absolute Gasteiger partial charge is 0.382 e. The van der Waals surface area contributed by atoms with Crippen LogP contribution in [0.2, 0.25) is 0 Å². The first-order valence-corrected chi connectivity index (χ1v) is 6.80. The Morgan fingerprint density at radius 3 is 2.63 bits per heavy atom. The van der Waals surface area contributed by atoms with E-state index in [9.17, 15) is 4.79 Å². The molecule has 0 saturated carbocycles. The summed E-state index contributed by atoms with van der Waals surface area (Å²) >= 11 is 1.27. The van der Waals surface area contributed by atoms with E-state index in [1.807, 2.05) is 37.3 Å². The number of nitrogens with zero attached hydrogens (tertiary/aromatic N) is 2. The first-order chi connectivity index (χ1) is 9.17. The molecule has 2 rings (SSSR count). The maximum Gasteiger partial charge on any atom is 0.272 e. The van der Waals surface area contributed by atoms with E-state index >= 15 is 0 Å². The summed E-state index contributed by atoms with van der Waals surface area (Å²) in [6.45, 7) is 2.51. The number of carbonyl (C=O) groups is 1. The fourth-order valence-corrected chi connectivity index (χ4v) is 2.55. The monoisotopic (exact) mass is 276 g/mol. The number of thiazole rings is 1. The zero-order valence-electron chi connectivity index (χ0n) is 10.9. The summed E-state index contributed by atoms with van der Waals surface area (Å²) < 4.78 is 0. The lowest BCUT2D eigenvalue weighted by molar-refractivity contribution is 0.0993. The molecule has 6 heteroatoms. The quantitative estimate of drug-likeness (QED) is 0.899. The van der Waals surface area contributed by atoms with Crippen LogP contribution in [0.5, 0.6) is 0 Å². The number of hydrogen-bond acceptors (Lipinski definition) is 5. The fraction of sp³-hybridized carbons (Fsp3) is 0.231. The second-order valence-corrected chi connectivity index (χ2v) is 4.87. The first kappa shape index (κ1) is 13.4. The fourth-order valence-electron chi connectivity index (χ4n) is 1.77. The average molecular weight is 276 g/mol. The molecule has 0 spiro atoms. The van der Waals surface area contributed by atoms with Crippen molar-refractivity contribution in [3.8, 4) is 0 Å². The van der Waals surface area contributed by atoms with Crippen molar-refractivity contribution in [3.05, 3.63) is 35.2 Å². The molecule has 1 amide bonds. The third kappa shape index (κ3) is 2.68. The number of rotatable bonds is 4. The van der Waals surface area contributed by atoms with Gasteiger partial charge in [0.05, 0.1) is 0 Å². The van der Waals surface area contributed by atoms with Gasteiger partial charge in [-0.25, -0.2) is 4.98 Å². The second kappa shape index (κ2) is 5.71. The van der Waals surface area contributed by atoms with Crippen molar-refractivity contribution in [2.75, 3.05) is 29.5 Å². The molecule has 0 unspecified atom stereocenters.